The lowest BCUT2D eigenvalue weighted by molar-refractivity contribution is 0.165. The summed E-state index contributed by atoms with van der Waals surface area (Å²) < 4.78 is 24.1. The van der Waals surface area contributed by atoms with Gasteiger partial charge in [-0.1, -0.05) is 6.07 Å². The van der Waals surface area contributed by atoms with Crippen molar-refractivity contribution >= 4 is 0 Å². The lowest BCUT2D eigenvalue weighted by Gasteiger charge is -2.11. The summed E-state index contributed by atoms with van der Waals surface area (Å²) in [6, 6.07) is 4.83. The monoisotopic (exact) mass is 225 g/mol. The van der Waals surface area contributed by atoms with Gasteiger partial charge in [0.1, 0.15) is 0 Å². The van der Waals surface area contributed by atoms with Gasteiger partial charge in [0.05, 0.1) is 13.2 Å². The molecule has 2 N–H and O–H groups in total. The minimum Gasteiger partial charge on any atom is -0.490 e. The number of ether oxygens (including phenoxy) is 2. The number of hydrogen-bond acceptors (Lipinski definition) is 3. The topological polar surface area (TPSA) is 44.5 Å². The van der Waals surface area contributed by atoms with E-state index in [-0.39, 0.29) is 5.82 Å². The number of halogens is 1. The first-order valence-corrected chi connectivity index (χ1v) is 5.48. The van der Waals surface area contributed by atoms with E-state index in [2.05, 4.69) is 0 Å². The summed E-state index contributed by atoms with van der Waals surface area (Å²) in [4.78, 5) is 0. The minimum atomic E-state index is -0.345. The first-order chi connectivity index (χ1) is 7.79. The highest BCUT2D eigenvalue weighted by Crippen LogP contribution is 2.20. The maximum absolute atomic E-state index is 13.5. The molecule has 3 nitrogen and oxygen atoms in total. The van der Waals surface area contributed by atoms with Crippen LogP contribution in [-0.4, -0.2) is 19.8 Å². The van der Waals surface area contributed by atoms with E-state index in [1.54, 1.807) is 12.1 Å². The Morgan fingerprint density at radius 1 is 1.50 bits per heavy atom. The van der Waals surface area contributed by atoms with Gasteiger partial charge in [0.25, 0.3) is 0 Å². The zero-order chi connectivity index (χ0) is 11.4. The fourth-order valence-electron chi connectivity index (χ4n) is 1.71. The van der Waals surface area contributed by atoms with E-state index in [0.717, 1.165) is 18.6 Å². The van der Waals surface area contributed by atoms with E-state index < -0.39 is 0 Å². The van der Waals surface area contributed by atoms with Crippen LogP contribution in [0.5, 0.6) is 5.75 Å². The Bertz CT molecular complexity index is 351. The minimum absolute atomic E-state index is 0.295. The van der Waals surface area contributed by atoms with E-state index in [1.807, 2.05) is 0 Å². The van der Waals surface area contributed by atoms with Gasteiger partial charge in [0.15, 0.2) is 11.6 Å². The van der Waals surface area contributed by atoms with Crippen molar-refractivity contribution in [1.82, 2.24) is 0 Å². The Balaban J connectivity index is 1.93. The van der Waals surface area contributed by atoms with Gasteiger partial charge in [0, 0.05) is 19.1 Å². The highest BCUT2D eigenvalue weighted by molar-refractivity contribution is 5.29. The molecule has 1 fully saturated rings. The summed E-state index contributed by atoms with van der Waals surface area (Å²) >= 11 is 0. The molecule has 0 spiro atoms. The van der Waals surface area contributed by atoms with E-state index in [4.69, 9.17) is 15.2 Å². The van der Waals surface area contributed by atoms with Crippen molar-refractivity contribution in [3.63, 3.8) is 0 Å². The first kappa shape index (κ1) is 11.4. The third-order valence-corrected chi connectivity index (χ3v) is 2.73. The molecule has 16 heavy (non-hydrogen) atoms. The predicted molar refractivity (Wildman–Crippen MR) is 58.7 cm³/mol. The standard InChI is InChI=1S/C12H16FNO2/c13-11-5-9(6-14)1-2-12(11)16-8-10-3-4-15-7-10/h1-2,5,10H,3-4,6-8,14H2. The van der Waals surface area contributed by atoms with Crippen molar-refractivity contribution in [2.45, 2.75) is 13.0 Å². The van der Waals surface area contributed by atoms with Crippen LogP contribution in [0.25, 0.3) is 0 Å². The van der Waals surface area contributed by atoms with Crippen LogP contribution in [0.3, 0.4) is 0 Å². The van der Waals surface area contributed by atoms with Gasteiger partial charge in [-0.15, -0.1) is 0 Å². The Morgan fingerprint density at radius 3 is 3.00 bits per heavy atom. The number of hydrogen-bond donors (Lipinski definition) is 1. The summed E-state index contributed by atoms with van der Waals surface area (Å²) in [5, 5.41) is 0. The lowest BCUT2D eigenvalue weighted by atomic mass is 10.1. The smallest absolute Gasteiger partial charge is 0.165 e. The molecule has 2 rings (SSSR count). The van der Waals surface area contributed by atoms with Crippen LogP contribution in [0.2, 0.25) is 0 Å². The van der Waals surface area contributed by atoms with Crippen LogP contribution in [0, 0.1) is 11.7 Å². The zero-order valence-corrected chi connectivity index (χ0v) is 9.12. The van der Waals surface area contributed by atoms with Crippen molar-refractivity contribution in [1.29, 1.82) is 0 Å². The maximum atomic E-state index is 13.5. The molecule has 0 aliphatic carbocycles. The molecule has 1 aliphatic heterocycles. The molecule has 4 heteroatoms. The van der Waals surface area contributed by atoms with Crippen LogP contribution < -0.4 is 10.5 Å². The summed E-state index contributed by atoms with van der Waals surface area (Å²) in [6.07, 6.45) is 0.989. The zero-order valence-electron chi connectivity index (χ0n) is 9.12. The van der Waals surface area contributed by atoms with Gasteiger partial charge >= 0.3 is 0 Å². The molecular weight excluding hydrogens is 209 g/mol. The molecule has 1 atom stereocenters. The van der Waals surface area contributed by atoms with Gasteiger partial charge in [-0.05, 0) is 24.1 Å². The van der Waals surface area contributed by atoms with E-state index in [9.17, 15) is 4.39 Å². The van der Waals surface area contributed by atoms with Crippen molar-refractivity contribution < 1.29 is 13.9 Å². The number of benzene rings is 1. The predicted octanol–water partition coefficient (Wildman–Crippen LogP) is 1.70. The van der Waals surface area contributed by atoms with Crippen LogP contribution >= 0.6 is 0 Å². The van der Waals surface area contributed by atoms with Crippen molar-refractivity contribution in [2.24, 2.45) is 11.7 Å². The first-order valence-electron chi connectivity index (χ1n) is 5.48. The van der Waals surface area contributed by atoms with Gasteiger partial charge in [-0.3, -0.25) is 0 Å². The Morgan fingerprint density at radius 2 is 2.38 bits per heavy atom. The molecule has 0 radical (unpaired) electrons. The van der Waals surface area contributed by atoms with E-state index in [0.29, 0.717) is 31.4 Å². The third-order valence-electron chi connectivity index (χ3n) is 2.73. The second kappa shape index (κ2) is 5.27. The molecule has 1 aromatic rings. The number of nitrogens with two attached hydrogens (primary N) is 1. The molecular formula is C12H16FNO2. The molecule has 88 valence electrons. The van der Waals surface area contributed by atoms with Crippen molar-refractivity contribution in [3.05, 3.63) is 29.6 Å². The average Bonchev–Trinajstić information content (AvgIpc) is 2.80. The molecule has 1 heterocycles. The second-order valence-electron chi connectivity index (χ2n) is 4.01. The molecule has 0 amide bonds. The number of rotatable bonds is 4. The highest BCUT2D eigenvalue weighted by Gasteiger charge is 2.16. The quantitative estimate of drug-likeness (QED) is 0.848. The van der Waals surface area contributed by atoms with Gasteiger partial charge < -0.3 is 15.2 Å². The normalized spacial score (nSPS) is 20.0. The van der Waals surface area contributed by atoms with E-state index in [1.165, 1.54) is 6.07 Å². The lowest BCUT2D eigenvalue weighted by Crippen LogP contribution is -2.12. The Hall–Kier alpha value is -1.13. The largest absolute Gasteiger partial charge is 0.490 e. The molecule has 1 unspecified atom stereocenters. The van der Waals surface area contributed by atoms with Crippen LogP contribution in [0.1, 0.15) is 12.0 Å². The van der Waals surface area contributed by atoms with Crippen molar-refractivity contribution in [2.75, 3.05) is 19.8 Å². The van der Waals surface area contributed by atoms with E-state index >= 15 is 0 Å². The molecule has 1 aliphatic rings. The van der Waals surface area contributed by atoms with Crippen LogP contribution in [-0.2, 0) is 11.3 Å². The van der Waals surface area contributed by atoms with Gasteiger partial charge in [-0.25, -0.2) is 4.39 Å². The molecule has 0 bridgehead atoms. The average molecular weight is 225 g/mol. The molecule has 0 saturated carbocycles. The SMILES string of the molecule is NCc1ccc(OCC2CCOC2)c(F)c1. The summed E-state index contributed by atoms with van der Waals surface area (Å²) in [6.45, 7) is 2.34. The van der Waals surface area contributed by atoms with Crippen LogP contribution in [0.15, 0.2) is 18.2 Å². The summed E-state index contributed by atoms with van der Waals surface area (Å²) in [7, 11) is 0. The summed E-state index contributed by atoms with van der Waals surface area (Å²) in [5.41, 5.74) is 6.19. The maximum Gasteiger partial charge on any atom is 0.165 e. The summed E-state index contributed by atoms with van der Waals surface area (Å²) in [5.74, 6) is 0.333. The van der Waals surface area contributed by atoms with Gasteiger partial charge in [-0.2, -0.15) is 0 Å². The fraction of sp³-hybridized carbons (Fsp3) is 0.500. The third kappa shape index (κ3) is 2.71. The van der Waals surface area contributed by atoms with Crippen LogP contribution in [0.4, 0.5) is 4.39 Å². The molecule has 1 saturated heterocycles. The highest BCUT2D eigenvalue weighted by atomic mass is 19.1. The molecule has 1 aromatic carbocycles. The Kier molecular flexibility index (Phi) is 3.74. The van der Waals surface area contributed by atoms with Crippen molar-refractivity contribution in [3.8, 4) is 5.75 Å². The fourth-order valence-corrected chi connectivity index (χ4v) is 1.71. The Labute approximate surface area is 94.3 Å². The molecule has 0 aromatic heterocycles. The second-order valence-corrected chi connectivity index (χ2v) is 4.01. The van der Waals surface area contributed by atoms with Gasteiger partial charge in [0.2, 0.25) is 0 Å².